The van der Waals surface area contributed by atoms with E-state index < -0.39 is 0 Å². The maximum Gasteiger partial charge on any atom is -0.00148 e. The van der Waals surface area contributed by atoms with Crippen LogP contribution < -0.4 is 5.32 Å². The molecule has 1 N–H and O–H groups in total. The molecule has 5 rings (SSSR count). The van der Waals surface area contributed by atoms with Gasteiger partial charge >= 0.3 is 0 Å². The zero-order chi connectivity index (χ0) is 32.6. The third-order valence-electron chi connectivity index (χ3n) is 18.1. The third kappa shape index (κ3) is 7.45. The molecule has 1 heteroatoms. The van der Waals surface area contributed by atoms with Gasteiger partial charge in [-0.15, -0.1) is 0 Å². The summed E-state index contributed by atoms with van der Waals surface area (Å²) >= 11 is 0. The zero-order valence-electron chi connectivity index (χ0n) is 32.4. The van der Waals surface area contributed by atoms with Crippen LogP contribution in [0.1, 0.15) is 153 Å². The highest BCUT2D eigenvalue weighted by Crippen LogP contribution is 2.65. The molecule has 262 valence electrons. The standard InChI is InChI=1S/C44H81N/c1-26-23-39(37-17-15-13-12-14-16-18-37)24-45-25-42-41-22-20-38-19-21-40(38)44(41)43(42)36(11)35(10)34(9)33(8)32(7)31(6)30(5)29(4)28(3)27(26)2/h26-45H,12-25H2,1-11H3. The highest BCUT2D eigenvalue weighted by Gasteiger charge is 2.60. The molecule has 0 aromatic heterocycles. The fourth-order valence-electron chi connectivity index (χ4n) is 13.1. The number of fused-ring (bicyclic) bond motifs is 6. The van der Waals surface area contributed by atoms with Gasteiger partial charge in [0.1, 0.15) is 0 Å². The van der Waals surface area contributed by atoms with Crippen molar-refractivity contribution in [3.8, 4) is 0 Å². The smallest absolute Gasteiger partial charge is 0.00148 e. The topological polar surface area (TPSA) is 12.0 Å². The van der Waals surface area contributed by atoms with Crippen molar-refractivity contribution in [2.24, 2.45) is 112 Å². The summed E-state index contributed by atoms with van der Waals surface area (Å²) in [6.07, 6.45) is 18.0. The molecular formula is C44H81N. The summed E-state index contributed by atoms with van der Waals surface area (Å²) in [7, 11) is 0. The minimum atomic E-state index is 0.781. The van der Waals surface area contributed by atoms with Crippen molar-refractivity contribution in [3.63, 3.8) is 0 Å². The van der Waals surface area contributed by atoms with E-state index in [9.17, 15) is 0 Å². The molecule has 18 unspecified atom stereocenters. The van der Waals surface area contributed by atoms with Gasteiger partial charge in [-0.25, -0.2) is 0 Å². The van der Waals surface area contributed by atoms with Crippen LogP contribution in [-0.2, 0) is 0 Å². The lowest BCUT2D eigenvalue weighted by Gasteiger charge is -2.65. The van der Waals surface area contributed by atoms with Crippen LogP contribution in [0.25, 0.3) is 0 Å². The van der Waals surface area contributed by atoms with Gasteiger partial charge < -0.3 is 5.32 Å². The van der Waals surface area contributed by atoms with Crippen LogP contribution in [0.3, 0.4) is 0 Å². The van der Waals surface area contributed by atoms with Crippen molar-refractivity contribution in [2.45, 2.75) is 153 Å². The van der Waals surface area contributed by atoms with Crippen LogP contribution in [0.15, 0.2) is 0 Å². The molecule has 1 heterocycles. The molecule has 1 saturated heterocycles. The van der Waals surface area contributed by atoms with Gasteiger partial charge in [-0.2, -0.15) is 0 Å². The first-order chi connectivity index (χ1) is 21.4. The fourth-order valence-corrected chi connectivity index (χ4v) is 13.1. The Bertz CT molecular complexity index is 881. The molecule has 5 aliphatic rings. The van der Waals surface area contributed by atoms with Crippen molar-refractivity contribution in [2.75, 3.05) is 13.1 Å². The van der Waals surface area contributed by atoms with Gasteiger partial charge in [0.15, 0.2) is 0 Å². The van der Waals surface area contributed by atoms with E-state index in [0.717, 1.165) is 112 Å². The van der Waals surface area contributed by atoms with Crippen molar-refractivity contribution >= 4 is 0 Å². The summed E-state index contributed by atoms with van der Waals surface area (Å²) in [6, 6.07) is 0. The van der Waals surface area contributed by atoms with Gasteiger partial charge in [-0.3, -0.25) is 0 Å². The summed E-state index contributed by atoms with van der Waals surface area (Å²) in [5, 5.41) is 4.31. The second-order valence-electron chi connectivity index (χ2n) is 19.4. The van der Waals surface area contributed by atoms with Crippen molar-refractivity contribution in [1.82, 2.24) is 5.32 Å². The van der Waals surface area contributed by atoms with E-state index in [1.807, 2.05) is 0 Å². The van der Waals surface area contributed by atoms with Crippen molar-refractivity contribution < 1.29 is 0 Å². The number of nitrogens with one attached hydrogen (secondary N) is 1. The normalized spacial score (nSPS) is 53.1. The highest BCUT2D eigenvalue weighted by molar-refractivity contribution is 5.09. The lowest BCUT2D eigenvalue weighted by Crippen LogP contribution is -2.62. The molecule has 0 radical (unpaired) electrons. The van der Waals surface area contributed by atoms with Crippen LogP contribution in [-0.4, -0.2) is 13.1 Å². The first kappa shape index (κ1) is 36.2. The highest BCUT2D eigenvalue weighted by atomic mass is 14.9. The zero-order valence-corrected chi connectivity index (χ0v) is 32.4. The lowest BCUT2D eigenvalue weighted by molar-refractivity contribution is -0.169. The number of hydrogen-bond donors (Lipinski definition) is 1. The Hall–Kier alpha value is -0.0400. The maximum atomic E-state index is 4.31. The quantitative estimate of drug-likeness (QED) is 0.306. The Balaban J connectivity index is 1.41. The fraction of sp³-hybridized carbons (Fsp3) is 1.00. The Labute approximate surface area is 283 Å². The summed E-state index contributed by atoms with van der Waals surface area (Å²) in [6.45, 7) is 31.7. The summed E-state index contributed by atoms with van der Waals surface area (Å²) in [5.41, 5.74) is 0. The third-order valence-corrected chi connectivity index (χ3v) is 18.1. The average Bonchev–Trinajstić information content (AvgIpc) is 3.00. The van der Waals surface area contributed by atoms with E-state index in [2.05, 4.69) is 81.5 Å². The van der Waals surface area contributed by atoms with E-state index >= 15 is 0 Å². The molecule has 1 aliphatic heterocycles. The summed E-state index contributed by atoms with van der Waals surface area (Å²) in [5.74, 6) is 16.7. The molecule has 1 nitrogen and oxygen atoms in total. The molecule has 0 aromatic carbocycles. The van der Waals surface area contributed by atoms with E-state index in [4.69, 9.17) is 0 Å². The van der Waals surface area contributed by atoms with Crippen LogP contribution in [0.5, 0.6) is 0 Å². The van der Waals surface area contributed by atoms with E-state index in [0.29, 0.717) is 0 Å². The van der Waals surface area contributed by atoms with Crippen LogP contribution in [0.2, 0.25) is 0 Å². The Morgan fingerprint density at radius 3 is 1.33 bits per heavy atom. The Kier molecular flexibility index (Phi) is 12.6. The maximum absolute atomic E-state index is 4.31. The SMILES string of the molecule is CC1CC(C2CCCCCCC2)CNCC2C3CCC4CCC4C3C2C(C)C(C)C(C)C(C)C(C)C(C)C(C)C(C)C(C)C1C. The largest absolute Gasteiger partial charge is 0.316 e. The molecule has 4 saturated carbocycles. The predicted molar refractivity (Wildman–Crippen MR) is 197 cm³/mol. The van der Waals surface area contributed by atoms with Gasteiger partial charge in [0.25, 0.3) is 0 Å². The van der Waals surface area contributed by atoms with Gasteiger partial charge in [0.2, 0.25) is 0 Å². The van der Waals surface area contributed by atoms with Gasteiger partial charge in [0.05, 0.1) is 0 Å². The monoisotopic (exact) mass is 624 g/mol. The minimum Gasteiger partial charge on any atom is -0.316 e. The second kappa shape index (κ2) is 15.7. The summed E-state index contributed by atoms with van der Waals surface area (Å²) < 4.78 is 0. The molecule has 0 amide bonds. The predicted octanol–water partition coefficient (Wildman–Crippen LogP) is 12.3. The van der Waals surface area contributed by atoms with E-state index in [1.54, 1.807) is 25.7 Å². The molecule has 18 atom stereocenters. The van der Waals surface area contributed by atoms with Crippen LogP contribution >= 0.6 is 0 Å². The molecule has 4 aliphatic carbocycles. The molecular weight excluding hydrogens is 542 g/mol. The molecule has 0 bridgehead atoms. The van der Waals surface area contributed by atoms with Crippen LogP contribution in [0.4, 0.5) is 0 Å². The Morgan fingerprint density at radius 1 is 0.333 bits per heavy atom. The first-order valence-corrected chi connectivity index (χ1v) is 21.1. The van der Waals surface area contributed by atoms with Crippen molar-refractivity contribution in [3.05, 3.63) is 0 Å². The minimum absolute atomic E-state index is 0.781. The molecule has 0 spiro atoms. The van der Waals surface area contributed by atoms with E-state index in [1.165, 1.54) is 64.5 Å². The second-order valence-corrected chi connectivity index (χ2v) is 19.4. The van der Waals surface area contributed by atoms with Gasteiger partial charge in [-0.05, 0) is 158 Å². The number of rotatable bonds is 1. The molecule has 0 aromatic rings. The van der Waals surface area contributed by atoms with E-state index in [-0.39, 0.29) is 0 Å². The first-order valence-electron chi connectivity index (χ1n) is 21.1. The van der Waals surface area contributed by atoms with Gasteiger partial charge in [-0.1, -0.05) is 121 Å². The number of hydrogen-bond acceptors (Lipinski definition) is 1. The van der Waals surface area contributed by atoms with Gasteiger partial charge in [0, 0.05) is 0 Å². The molecule has 5 fully saturated rings. The van der Waals surface area contributed by atoms with Crippen molar-refractivity contribution in [1.29, 1.82) is 0 Å². The Morgan fingerprint density at radius 2 is 0.800 bits per heavy atom. The lowest BCUT2D eigenvalue weighted by atomic mass is 9.40. The summed E-state index contributed by atoms with van der Waals surface area (Å²) in [4.78, 5) is 0. The average molecular weight is 624 g/mol. The molecule has 45 heavy (non-hydrogen) atoms. The van der Waals surface area contributed by atoms with Crippen LogP contribution in [0, 0.1) is 112 Å².